The predicted molar refractivity (Wildman–Crippen MR) is 155 cm³/mol. The second kappa shape index (κ2) is 11.3. The Balaban J connectivity index is 1.14. The summed E-state index contributed by atoms with van der Waals surface area (Å²) < 4.78 is 46.7. The van der Waals surface area contributed by atoms with E-state index >= 15 is 0 Å². The second-order valence-electron chi connectivity index (χ2n) is 10.5. The van der Waals surface area contributed by atoms with Crippen LogP contribution in [0.4, 0.5) is 18.3 Å². The Morgan fingerprint density at radius 1 is 0.902 bits per heavy atom. The Morgan fingerprint density at radius 2 is 1.54 bits per heavy atom. The van der Waals surface area contributed by atoms with Gasteiger partial charge in [-0.25, -0.2) is 4.98 Å². The molecule has 0 unspecified atom stereocenters. The van der Waals surface area contributed by atoms with Crippen molar-refractivity contribution in [2.45, 2.75) is 30.9 Å². The number of alkyl halides is 3. The molecule has 0 spiro atoms. The number of fused-ring (bicyclic) bond motifs is 3. The fraction of sp³-hybridized carbons (Fsp3) is 0.355. The van der Waals surface area contributed by atoms with Gasteiger partial charge in [0.05, 0.1) is 10.2 Å². The fourth-order valence-electron chi connectivity index (χ4n) is 5.92. The van der Waals surface area contributed by atoms with Crippen molar-refractivity contribution >= 4 is 32.6 Å². The van der Waals surface area contributed by atoms with Crippen LogP contribution in [-0.2, 0) is 10.2 Å². The molecule has 1 amide bonds. The van der Waals surface area contributed by atoms with E-state index in [1.165, 1.54) is 4.70 Å². The smallest absolute Gasteiger partial charge is 0.405 e. The molecule has 0 radical (unpaired) electrons. The first kappa shape index (κ1) is 27.5. The van der Waals surface area contributed by atoms with Crippen LogP contribution in [0, 0.1) is 0 Å². The summed E-state index contributed by atoms with van der Waals surface area (Å²) in [4.78, 5) is 23.3. The summed E-state index contributed by atoms with van der Waals surface area (Å²) >= 11 is 1.72. The van der Waals surface area contributed by atoms with Crippen molar-refractivity contribution in [2.75, 3.05) is 44.2 Å². The first-order valence-electron chi connectivity index (χ1n) is 13.9. The van der Waals surface area contributed by atoms with Crippen molar-refractivity contribution in [1.29, 1.82) is 0 Å². The number of carbonyl (C=O) groups is 1. The number of piperazine rings is 1. The molecule has 1 N–H and O–H groups in total. The van der Waals surface area contributed by atoms with Crippen molar-refractivity contribution < 1.29 is 22.7 Å². The van der Waals surface area contributed by atoms with Gasteiger partial charge in [-0.3, -0.25) is 9.69 Å². The van der Waals surface area contributed by atoms with Gasteiger partial charge in [-0.2, -0.15) is 13.2 Å². The number of halogens is 3. The largest absolute Gasteiger partial charge is 0.457 e. The number of ether oxygens (including phenoxy) is 1. The van der Waals surface area contributed by atoms with E-state index in [9.17, 15) is 18.0 Å². The predicted octanol–water partition coefficient (Wildman–Crippen LogP) is 6.36. The highest BCUT2D eigenvalue weighted by Gasteiger charge is 2.48. The lowest BCUT2D eigenvalue weighted by Crippen LogP contribution is -2.49. The van der Waals surface area contributed by atoms with E-state index in [4.69, 9.17) is 9.72 Å². The number of rotatable bonds is 8. The number of nitrogens with one attached hydrogen (secondary N) is 1. The summed E-state index contributed by atoms with van der Waals surface area (Å²) in [7, 11) is 0. The van der Waals surface area contributed by atoms with Crippen LogP contribution in [0.15, 0.2) is 72.8 Å². The lowest BCUT2D eigenvalue weighted by Gasteiger charge is -2.39. The van der Waals surface area contributed by atoms with Gasteiger partial charge in [-0.1, -0.05) is 66.3 Å². The van der Waals surface area contributed by atoms with Crippen molar-refractivity contribution in [3.8, 4) is 11.5 Å². The van der Waals surface area contributed by atoms with Crippen molar-refractivity contribution in [2.24, 2.45) is 0 Å². The van der Waals surface area contributed by atoms with E-state index in [-0.39, 0.29) is 0 Å². The van der Waals surface area contributed by atoms with Crippen LogP contribution in [0.3, 0.4) is 0 Å². The maximum absolute atomic E-state index is 13.7. The van der Waals surface area contributed by atoms with Crippen LogP contribution in [0.2, 0.25) is 0 Å². The molecule has 1 fully saturated rings. The third-order valence-electron chi connectivity index (χ3n) is 7.95. The molecule has 3 aromatic carbocycles. The zero-order valence-electron chi connectivity index (χ0n) is 22.5. The number of aromatic nitrogens is 1. The van der Waals surface area contributed by atoms with Crippen molar-refractivity contribution in [1.82, 2.24) is 15.2 Å². The number of hydrogen-bond acceptors (Lipinski definition) is 6. The van der Waals surface area contributed by atoms with Gasteiger partial charge in [0.25, 0.3) is 0 Å². The Bertz CT molecular complexity index is 1450. The highest BCUT2D eigenvalue weighted by molar-refractivity contribution is 7.22. The molecule has 214 valence electrons. The molecule has 10 heteroatoms. The maximum Gasteiger partial charge on any atom is 0.405 e. The normalized spacial score (nSPS) is 16.6. The first-order chi connectivity index (χ1) is 19.8. The summed E-state index contributed by atoms with van der Waals surface area (Å²) in [5.41, 5.74) is 0.951. The molecule has 6 rings (SSSR count). The van der Waals surface area contributed by atoms with E-state index in [1.807, 2.05) is 18.2 Å². The molecule has 0 bridgehead atoms. The minimum absolute atomic E-state index is 0.375. The topological polar surface area (TPSA) is 57.7 Å². The molecular formula is C31H31F3N4O2S. The summed E-state index contributed by atoms with van der Waals surface area (Å²) in [5, 5.41) is 3.25. The molecule has 3 heterocycles. The van der Waals surface area contributed by atoms with E-state index in [1.54, 1.807) is 59.9 Å². The summed E-state index contributed by atoms with van der Waals surface area (Å²) in [6, 6.07) is 22.5. The van der Waals surface area contributed by atoms with E-state index in [2.05, 4.69) is 21.2 Å². The van der Waals surface area contributed by atoms with Gasteiger partial charge < -0.3 is 15.0 Å². The van der Waals surface area contributed by atoms with Gasteiger partial charge >= 0.3 is 6.18 Å². The number of amides is 1. The standard InChI is InChI=1S/C31H31F3N4O2S/c32-31(33,34)21-35-28(39)30(22-9-1-4-12-25(22)40-26-13-5-2-10-23(26)30)15-7-8-16-37-17-19-38(20-18-37)29-36-24-11-3-6-14-27(24)41-29/h1-6,9-14H,7-8,15-21H2,(H,35,39). The molecule has 1 aromatic heterocycles. The highest BCUT2D eigenvalue weighted by Crippen LogP contribution is 2.50. The van der Waals surface area contributed by atoms with Gasteiger partial charge in [-0.15, -0.1) is 0 Å². The van der Waals surface area contributed by atoms with Crippen LogP contribution >= 0.6 is 11.3 Å². The third kappa shape index (κ3) is 5.63. The van der Waals surface area contributed by atoms with Gasteiger partial charge in [0.1, 0.15) is 23.5 Å². The van der Waals surface area contributed by atoms with Gasteiger partial charge in [0, 0.05) is 37.3 Å². The summed E-state index contributed by atoms with van der Waals surface area (Å²) in [6.45, 7) is 3.08. The first-order valence-corrected chi connectivity index (χ1v) is 14.7. The van der Waals surface area contributed by atoms with Crippen LogP contribution in [0.25, 0.3) is 10.2 Å². The van der Waals surface area contributed by atoms with Crippen LogP contribution in [-0.4, -0.2) is 61.2 Å². The zero-order valence-corrected chi connectivity index (χ0v) is 23.3. The zero-order chi connectivity index (χ0) is 28.5. The quantitative estimate of drug-likeness (QED) is 0.246. The van der Waals surface area contributed by atoms with Crippen LogP contribution in [0.1, 0.15) is 30.4 Å². The molecule has 0 saturated carbocycles. The van der Waals surface area contributed by atoms with Gasteiger partial charge in [0.15, 0.2) is 5.13 Å². The monoisotopic (exact) mass is 580 g/mol. The fourth-order valence-corrected chi connectivity index (χ4v) is 6.94. The number of hydrogen-bond donors (Lipinski definition) is 1. The minimum atomic E-state index is -4.51. The molecule has 41 heavy (non-hydrogen) atoms. The Kier molecular flexibility index (Phi) is 7.61. The molecule has 2 aliphatic heterocycles. The van der Waals surface area contributed by atoms with Crippen molar-refractivity contribution in [3.05, 3.63) is 83.9 Å². The average Bonchev–Trinajstić information content (AvgIpc) is 3.42. The molecule has 4 aromatic rings. The van der Waals surface area contributed by atoms with E-state index < -0.39 is 24.0 Å². The van der Waals surface area contributed by atoms with Crippen LogP contribution < -0.4 is 15.0 Å². The Hall–Kier alpha value is -3.63. The molecule has 0 aliphatic carbocycles. The van der Waals surface area contributed by atoms with Gasteiger partial charge in [0.2, 0.25) is 5.91 Å². The summed E-state index contributed by atoms with van der Waals surface area (Å²) in [6.07, 6.45) is -2.64. The minimum Gasteiger partial charge on any atom is -0.457 e. The third-order valence-corrected chi connectivity index (χ3v) is 9.05. The van der Waals surface area contributed by atoms with Crippen molar-refractivity contribution in [3.63, 3.8) is 0 Å². The number of benzene rings is 3. The van der Waals surface area contributed by atoms with Gasteiger partial charge in [-0.05, 0) is 43.7 Å². The molecular weight excluding hydrogens is 549 g/mol. The summed E-state index contributed by atoms with van der Waals surface area (Å²) in [5.74, 6) is 0.348. The van der Waals surface area contributed by atoms with E-state index in [0.717, 1.165) is 49.8 Å². The number of carbonyl (C=O) groups excluding carboxylic acids is 1. The molecule has 0 atom stereocenters. The number of thiazole rings is 1. The number of para-hydroxylation sites is 3. The second-order valence-corrected chi connectivity index (χ2v) is 11.6. The SMILES string of the molecule is O=C(NCC(F)(F)F)C1(CCCCN2CCN(c3nc4ccccc4s3)CC2)c2ccccc2Oc2ccccc21. The molecule has 1 saturated heterocycles. The van der Waals surface area contributed by atoms with Crippen LogP contribution in [0.5, 0.6) is 11.5 Å². The number of nitrogens with zero attached hydrogens (tertiary/aromatic N) is 3. The number of anilines is 1. The van der Waals surface area contributed by atoms with E-state index in [0.29, 0.717) is 35.5 Å². The lowest BCUT2D eigenvalue weighted by atomic mass is 9.68. The highest BCUT2D eigenvalue weighted by atomic mass is 32.1. The lowest BCUT2D eigenvalue weighted by molar-refractivity contribution is -0.141. The average molecular weight is 581 g/mol. The molecule has 2 aliphatic rings. The number of unbranched alkanes of at least 4 members (excludes halogenated alkanes) is 1. The Morgan fingerprint density at radius 3 is 2.20 bits per heavy atom. The maximum atomic E-state index is 13.7. The Labute approximate surface area is 240 Å². The molecule has 6 nitrogen and oxygen atoms in total.